The van der Waals surface area contributed by atoms with Gasteiger partial charge < -0.3 is 15.8 Å². The smallest absolute Gasteiger partial charge is 0.249 e. The summed E-state index contributed by atoms with van der Waals surface area (Å²) < 4.78 is 34.7. The summed E-state index contributed by atoms with van der Waals surface area (Å²) in [5.74, 6) is 0.0332. The van der Waals surface area contributed by atoms with Crippen LogP contribution in [0.15, 0.2) is 4.90 Å². The van der Waals surface area contributed by atoms with Crippen LogP contribution in [0, 0.1) is 5.41 Å². The number of sulfonamides is 1. The van der Waals surface area contributed by atoms with Crippen LogP contribution in [0.25, 0.3) is 0 Å². The number of nitrogen functional groups attached to an aromatic ring is 1. The van der Waals surface area contributed by atoms with Crippen LogP contribution in [-0.4, -0.2) is 51.5 Å². The van der Waals surface area contributed by atoms with Gasteiger partial charge in [0.2, 0.25) is 10.0 Å². The van der Waals surface area contributed by atoms with Gasteiger partial charge in [0, 0.05) is 34.4 Å². The molecule has 0 bridgehead atoms. The number of nitrogens with zero attached hydrogens (tertiary/aromatic N) is 2. The van der Waals surface area contributed by atoms with E-state index in [1.165, 1.54) is 14.1 Å². The average molecular weight is 336 g/mol. The first-order valence-corrected chi connectivity index (χ1v) is 8.73. The second-order valence-corrected chi connectivity index (χ2v) is 8.64. The Morgan fingerprint density at radius 3 is 2.57 bits per heavy atom. The zero-order valence-electron chi connectivity index (χ0n) is 13.1. The van der Waals surface area contributed by atoms with Gasteiger partial charge in [0.1, 0.15) is 5.00 Å². The predicted molar refractivity (Wildman–Crippen MR) is 86.2 cm³/mol. The van der Waals surface area contributed by atoms with Crippen LogP contribution in [0.4, 0.5) is 10.8 Å². The molecule has 0 aliphatic carbocycles. The molecule has 122 valence electrons. The highest BCUT2D eigenvalue weighted by Gasteiger charge is 2.28. The van der Waals surface area contributed by atoms with Crippen molar-refractivity contribution in [2.24, 2.45) is 5.41 Å². The van der Waals surface area contributed by atoms with E-state index in [0.29, 0.717) is 18.2 Å². The minimum atomic E-state index is -3.61. The van der Waals surface area contributed by atoms with Crippen molar-refractivity contribution < 1.29 is 13.2 Å². The van der Waals surface area contributed by atoms with Crippen molar-refractivity contribution in [2.45, 2.75) is 25.2 Å². The summed E-state index contributed by atoms with van der Waals surface area (Å²) in [6.07, 6.45) is 0.862. The molecule has 1 heterocycles. The fourth-order valence-corrected chi connectivity index (χ4v) is 3.70. The molecule has 1 rings (SSSR count). The summed E-state index contributed by atoms with van der Waals surface area (Å²) in [7, 11) is 0.993. The van der Waals surface area contributed by atoms with E-state index in [1.54, 1.807) is 7.11 Å². The number of methoxy groups -OCH3 is 1. The lowest BCUT2D eigenvalue weighted by Crippen LogP contribution is -2.27. The van der Waals surface area contributed by atoms with E-state index in [1.807, 2.05) is 0 Å². The van der Waals surface area contributed by atoms with Gasteiger partial charge in [-0.05, 0) is 23.4 Å². The van der Waals surface area contributed by atoms with Gasteiger partial charge in [-0.2, -0.15) is 4.37 Å². The summed E-state index contributed by atoms with van der Waals surface area (Å²) in [6, 6.07) is 0. The highest BCUT2D eigenvalue weighted by molar-refractivity contribution is 7.89. The van der Waals surface area contributed by atoms with Crippen LogP contribution in [0.3, 0.4) is 0 Å². The van der Waals surface area contributed by atoms with Crippen molar-refractivity contribution >= 4 is 32.4 Å². The van der Waals surface area contributed by atoms with Gasteiger partial charge in [0.05, 0.1) is 0 Å². The summed E-state index contributed by atoms with van der Waals surface area (Å²) in [6.45, 7) is 5.43. The Kier molecular flexibility index (Phi) is 5.97. The molecule has 1 aromatic heterocycles. The average Bonchev–Trinajstić information content (AvgIpc) is 2.76. The zero-order chi connectivity index (χ0) is 16.3. The van der Waals surface area contributed by atoms with Gasteiger partial charge in [-0.15, -0.1) is 0 Å². The quantitative estimate of drug-likeness (QED) is 0.746. The van der Waals surface area contributed by atoms with Crippen LogP contribution in [-0.2, 0) is 14.8 Å². The third-order valence-electron chi connectivity index (χ3n) is 3.12. The van der Waals surface area contributed by atoms with Crippen LogP contribution < -0.4 is 11.1 Å². The maximum atomic E-state index is 12.3. The molecule has 0 saturated heterocycles. The van der Waals surface area contributed by atoms with Gasteiger partial charge >= 0.3 is 0 Å². The summed E-state index contributed by atoms with van der Waals surface area (Å²) in [5, 5.41) is 3.64. The van der Waals surface area contributed by atoms with E-state index < -0.39 is 10.0 Å². The molecule has 0 radical (unpaired) electrons. The third kappa shape index (κ3) is 4.53. The summed E-state index contributed by atoms with van der Waals surface area (Å²) in [4.78, 5) is 0.0556. The first-order chi connectivity index (χ1) is 9.62. The second kappa shape index (κ2) is 6.91. The van der Waals surface area contributed by atoms with Crippen molar-refractivity contribution in [3.63, 3.8) is 0 Å². The van der Waals surface area contributed by atoms with Crippen molar-refractivity contribution in [1.29, 1.82) is 0 Å². The minimum Gasteiger partial charge on any atom is -0.385 e. The van der Waals surface area contributed by atoms with Crippen LogP contribution in [0.2, 0.25) is 0 Å². The molecule has 9 heteroatoms. The van der Waals surface area contributed by atoms with Crippen molar-refractivity contribution in [3.8, 4) is 0 Å². The monoisotopic (exact) mass is 336 g/mol. The van der Waals surface area contributed by atoms with Gasteiger partial charge in [0.15, 0.2) is 10.7 Å². The summed E-state index contributed by atoms with van der Waals surface area (Å²) >= 11 is 1.06. The maximum Gasteiger partial charge on any atom is 0.249 e. The number of nitrogens with one attached hydrogen (secondary N) is 1. The fraction of sp³-hybridized carbons (Fsp3) is 0.750. The molecule has 0 atom stereocenters. The maximum absolute atomic E-state index is 12.3. The Labute approximate surface area is 130 Å². The molecule has 0 saturated carbocycles. The predicted octanol–water partition coefficient (Wildman–Crippen LogP) is 1.45. The fourth-order valence-electron chi connectivity index (χ4n) is 1.62. The first kappa shape index (κ1) is 18.1. The number of anilines is 2. The number of aromatic nitrogens is 1. The zero-order valence-corrected chi connectivity index (χ0v) is 14.8. The molecule has 0 unspecified atom stereocenters. The number of ether oxygens (including phenoxy) is 1. The van der Waals surface area contributed by atoms with Gasteiger partial charge in [-0.1, -0.05) is 13.8 Å². The van der Waals surface area contributed by atoms with Gasteiger partial charge in [-0.3, -0.25) is 0 Å². The van der Waals surface area contributed by atoms with E-state index in [4.69, 9.17) is 10.5 Å². The summed E-state index contributed by atoms with van der Waals surface area (Å²) in [5.41, 5.74) is 5.68. The van der Waals surface area contributed by atoms with Crippen LogP contribution in [0.1, 0.15) is 20.3 Å². The van der Waals surface area contributed by atoms with E-state index in [-0.39, 0.29) is 16.1 Å². The van der Waals surface area contributed by atoms with Gasteiger partial charge in [0.25, 0.3) is 0 Å². The molecule has 0 spiro atoms. The Morgan fingerprint density at radius 1 is 1.43 bits per heavy atom. The lowest BCUT2D eigenvalue weighted by molar-refractivity contribution is 0.157. The minimum absolute atomic E-state index is 0.0332. The topological polar surface area (TPSA) is 97.5 Å². The van der Waals surface area contributed by atoms with Crippen molar-refractivity contribution in [2.75, 3.05) is 45.4 Å². The Balaban J connectivity index is 2.92. The number of hydrogen-bond acceptors (Lipinski definition) is 7. The second-order valence-electron chi connectivity index (χ2n) is 5.77. The molecular formula is C12H24N4O3S2. The first-order valence-electron chi connectivity index (χ1n) is 6.52. The normalized spacial score (nSPS) is 12.9. The molecular weight excluding hydrogens is 312 g/mol. The molecule has 1 aromatic rings. The molecule has 21 heavy (non-hydrogen) atoms. The molecule has 0 fully saturated rings. The molecule has 0 aliphatic heterocycles. The largest absolute Gasteiger partial charge is 0.385 e. The Bertz CT molecular complexity index is 567. The Hall–Kier alpha value is -0.900. The van der Waals surface area contributed by atoms with Crippen LogP contribution in [0.5, 0.6) is 0 Å². The highest BCUT2D eigenvalue weighted by Crippen LogP contribution is 2.34. The van der Waals surface area contributed by atoms with E-state index in [0.717, 1.165) is 22.3 Å². The van der Waals surface area contributed by atoms with Gasteiger partial charge in [-0.25, -0.2) is 12.7 Å². The van der Waals surface area contributed by atoms with Crippen molar-refractivity contribution in [1.82, 2.24) is 8.68 Å². The number of rotatable bonds is 8. The molecule has 0 aromatic carbocycles. The van der Waals surface area contributed by atoms with Crippen molar-refractivity contribution in [3.05, 3.63) is 0 Å². The third-order valence-corrected chi connectivity index (χ3v) is 5.96. The lowest BCUT2D eigenvalue weighted by Gasteiger charge is -2.25. The van der Waals surface area contributed by atoms with Crippen LogP contribution >= 0.6 is 11.5 Å². The highest BCUT2D eigenvalue weighted by atomic mass is 32.2. The lowest BCUT2D eigenvalue weighted by atomic mass is 9.90. The number of nitrogens with two attached hydrogens (primary N) is 1. The van der Waals surface area contributed by atoms with E-state index in [9.17, 15) is 8.42 Å². The molecule has 7 nitrogen and oxygen atoms in total. The SMILES string of the molecule is COCCC(C)(C)CNc1snc(N)c1S(=O)(=O)N(C)C. The molecule has 3 N–H and O–H groups in total. The van der Waals surface area contributed by atoms with E-state index >= 15 is 0 Å². The van der Waals surface area contributed by atoms with E-state index in [2.05, 4.69) is 23.5 Å². The number of hydrogen-bond donors (Lipinski definition) is 2. The standard InChI is InChI=1S/C12H24N4O3S2/c1-12(2,6-7-19-5)8-14-11-9(10(13)15-20-11)21(17,18)16(3)4/h14H,6-8H2,1-5H3,(H2,13,15). The Morgan fingerprint density at radius 2 is 2.05 bits per heavy atom. The molecule has 0 aliphatic rings. The molecule has 0 amide bonds.